The smallest absolute Gasteiger partial charge is 0.345 e. The quantitative estimate of drug-likeness (QED) is 0.720. The van der Waals surface area contributed by atoms with Crippen LogP contribution in [-0.4, -0.2) is 36.3 Å². The summed E-state index contributed by atoms with van der Waals surface area (Å²) in [6, 6.07) is 3.71. The van der Waals surface area contributed by atoms with Crippen LogP contribution in [0.25, 0.3) is 11.0 Å². The molecule has 0 bridgehead atoms. The number of hydrogen-bond acceptors (Lipinski definition) is 4. The van der Waals surface area contributed by atoms with Crippen molar-refractivity contribution in [2.75, 3.05) is 0 Å². The van der Waals surface area contributed by atoms with E-state index < -0.39 is 0 Å². The second-order valence-electron chi connectivity index (χ2n) is 6.07. The Morgan fingerprint density at radius 1 is 1.42 bits per heavy atom. The van der Waals surface area contributed by atoms with E-state index in [1.807, 2.05) is 12.1 Å². The molecule has 1 aliphatic heterocycles. The third-order valence-corrected chi connectivity index (χ3v) is 4.53. The van der Waals surface area contributed by atoms with Crippen molar-refractivity contribution in [3.63, 3.8) is 0 Å². The summed E-state index contributed by atoms with van der Waals surface area (Å²) in [7, 11) is 1.66. The van der Waals surface area contributed by atoms with Gasteiger partial charge in [0.15, 0.2) is 0 Å². The molecule has 0 radical (unpaired) electrons. The zero-order valence-corrected chi connectivity index (χ0v) is 13.3. The molecule has 0 spiro atoms. The highest BCUT2D eigenvalue weighted by molar-refractivity contribution is 6.05. The molecule has 3 aromatic rings. The van der Waals surface area contributed by atoms with Gasteiger partial charge in [0.1, 0.15) is 11.5 Å². The largest absolute Gasteiger partial charge is 0.349 e. The summed E-state index contributed by atoms with van der Waals surface area (Å²) in [5.74, 6) is 0.669. The first-order valence-electron chi connectivity index (χ1n) is 7.99. The van der Waals surface area contributed by atoms with Crippen LogP contribution in [0.3, 0.4) is 0 Å². The van der Waals surface area contributed by atoms with Crippen molar-refractivity contribution < 1.29 is 4.79 Å². The molecule has 124 valence electrons. The number of nitrogens with one attached hydrogen (secondary N) is 2. The lowest BCUT2D eigenvalue weighted by Crippen LogP contribution is -2.35. The number of amides is 1. The van der Waals surface area contributed by atoms with Crippen LogP contribution in [0.2, 0.25) is 0 Å². The van der Waals surface area contributed by atoms with Gasteiger partial charge in [-0.05, 0) is 25.0 Å². The Bertz CT molecular complexity index is 967. The van der Waals surface area contributed by atoms with Crippen LogP contribution in [0.5, 0.6) is 0 Å². The van der Waals surface area contributed by atoms with Crippen molar-refractivity contribution in [2.45, 2.75) is 31.8 Å². The topological polar surface area (TPSA) is 97.6 Å². The summed E-state index contributed by atoms with van der Waals surface area (Å²) in [6.45, 7) is 0.572. The van der Waals surface area contributed by atoms with Gasteiger partial charge in [0.05, 0.1) is 5.56 Å². The van der Waals surface area contributed by atoms with E-state index >= 15 is 0 Å². The van der Waals surface area contributed by atoms with E-state index in [-0.39, 0.29) is 17.6 Å². The number of nitrogens with zero attached hydrogens (tertiary/aromatic N) is 4. The first kappa shape index (κ1) is 14.7. The van der Waals surface area contributed by atoms with Gasteiger partial charge in [-0.3, -0.25) is 9.36 Å². The Balaban J connectivity index is 1.50. The number of aryl methyl sites for hydroxylation is 2. The average molecular weight is 326 g/mol. The minimum Gasteiger partial charge on any atom is -0.349 e. The van der Waals surface area contributed by atoms with Crippen LogP contribution in [-0.2, 0) is 20.0 Å². The summed E-state index contributed by atoms with van der Waals surface area (Å²) in [5.41, 5.74) is 1.20. The molecule has 8 nitrogen and oxygen atoms in total. The SMILES string of the molecule is Cn1nc2n(c1=O)CCC(NC(=O)c1c[nH]c3ncccc13)CC2. The van der Waals surface area contributed by atoms with Gasteiger partial charge in [-0.2, -0.15) is 5.10 Å². The van der Waals surface area contributed by atoms with Gasteiger partial charge in [-0.1, -0.05) is 0 Å². The molecule has 1 amide bonds. The Morgan fingerprint density at radius 3 is 3.17 bits per heavy atom. The summed E-state index contributed by atoms with van der Waals surface area (Å²) < 4.78 is 3.06. The monoisotopic (exact) mass is 326 g/mol. The van der Waals surface area contributed by atoms with Crippen LogP contribution in [0.15, 0.2) is 29.3 Å². The van der Waals surface area contributed by atoms with Gasteiger partial charge >= 0.3 is 5.69 Å². The van der Waals surface area contributed by atoms with Crippen LogP contribution in [0.1, 0.15) is 29.0 Å². The molecule has 4 heterocycles. The lowest BCUT2D eigenvalue weighted by Gasteiger charge is -2.15. The molecular weight excluding hydrogens is 308 g/mol. The Kier molecular flexibility index (Phi) is 3.44. The maximum atomic E-state index is 12.6. The predicted molar refractivity (Wildman–Crippen MR) is 87.8 cm³/mol. The van der Waals surface area contributed by atoms with E-state index in [0.717, 1.165) is 17.6 Å². The fourth-order valence-electron chi connectivity index (χ4n) is 3.25. The number of aromatic amines is 1. The normalized spacial score (nSPS) is 17.5. The number of aromatic nitrogens is 5. The summed E-state index contributed by atoms with van der Waals surface area (Å²) in [5, 5.41) is 8.14. The molecular formula is C16H18N6O2. The van der Waals surface area contributed by atoms with Crippen molar-refractivity contribution in [1.29, 1.82) is 0 Å². The van der Waals surface area contributed by atoms with Crippen molar-refractivity contribution in [3.05, 3.63) is 46.4 Å². The highest BCUT2D eigenvalue weighted by atomic mass is 16.2. The molecule has 0 saturated heterocycles. The van der Waals surface area contributed by atoms with Crippen LogP contribution < -0.4 is 11.0 Å². The van der Waals surface area contributed by atoms with Gasteiger partial charge in [0.25, 0.3) is 5.91 Å². The third-order valence-electron chi connectivity index (χ3n) is 4.53. The van der Waals surface area contributed by atoms with Crippen molar-refractivity contribution in [3.8, 4) is 0 Å². The molecule has 0 fully saturated rings. The van der Waals surface area contributed by atoms with E-state index in [0.29, 0.717) is 30.6 Å². The number of rotatable bonds is 2. The lowest BCUT2D eigenvalue weighted by molar-refractivity contribution is 0.0934. The minimum atomic E-state index is -0.119. The summed E-state index contributed by atoms with van der Waals surface area (Å²) in [6.07, 6.45) is 5.53. The molecule has 24 heavy (non-hydrogen) atoms. The molecule has 3 aromatic heterocycles. The Hall–Kier alpha value is -2.90. The number of fused-ring (bicyclic) bond motifs is 2. The number of carbonyl (C=O) groups excluding carboxylic acids is 1. The van der Waals surface area contributed by atoms with Gasteiger partial charge < -0.3 is 10.3 Å². The van der Waals surface area contributed by atoms with Crippen molar-refractivity contribution in [1.82, 2.24) is 29.6 Å². The predicted octanol–water partition coefficient (Wildman–Crippen LogP) is 0.593. The molecule has 8 heteroatoms. The molecule has 2 N–H and O–H groups in total. The van der Waals surface area contributed by atoms with Gasteiger partial charge in [0.2, 0.25) is 0 Å². The van der Waals surface area contributed by atoms with E-state index in [2.05, 4.69) is 20.4 Å². The second-order valence-corrected chi connectivity index (χ2v) is 6.07. The maximum Gasteiger partial charge on any atom is 0.345 e. The number of hydrogen-bond donors (Lipinski definition) is 2. The van der Waals surface area contributed by atoms with Gasteiger partial charge in [-0.15, -0.1) is 0 Å². The Labute approximate surface area is 137 Å². The number of carbonyl (C=O) groups is 1. The maximum absolute atomic E-state index is 12.6. The highest BCUT2D eigenvalue weighted by Crippen LogP contribution is 2.17. The number of H-pyrrole nitrogens is 1. The van der Waals surface area contributed by atoms with Crippen LogP contribution in [0.4, 0.5) is 0 Å². The molecule has 0 aromatic carbocycles. The lowest BCUT2D eigenvalue weighted by atomic mass is 10.1. The van der Waals surface area contributed by atoms with E-state index in [1.165, 1.54) is 4.68 Å². The fraction of sp³-hybridized carbons (Fsp3) is 0.375. The van der Waals surface area contributed by atoms with Crippen molar-refractivity contribution >= 4 is 16.9 Å². The molecule has 1 atom stereocenters. The Morgan fingerprint density at radius 2 is 2.29 bits per heavy atom. The highest BCUT2D eigenvalue weighted by Gasteiger charge is 2.22. The van der Waals surface area contributed by atoms with Crippen molar-refractivity contribution in [2.24, 2.45) is 7.05 Å². The molecule has 0 aliphatic carbocycles. The standard InChI is InChI=1S/C16H18N6O2/c1-21-16(24)22-8-6-10(4-5-13(22)20-21)19-15(23)12-9-18-14-11(12)3-2-7-17-14/h2-3,7,9-10H,4-6,8H2,1H3,(H,17,18)(H,19,23). The van der Waals surface area contributed by atoms with E-state index in [9.17, 15) is 9.59 Å². The first-order chi connectivity index (χ1) is 11.6. The van der Waals surface area contributed by atoms with Gasteiger partial charge in [0, 0.05) is 43.8 Å². The van der Waals surface area contributed by atoms with E-state index in [4.69, 9.17) is 0 Å². The van der Waals surface area contributed by atoms with Gasteiger partial charge in [-0.25, -0.2) is 14.5 Å². The van der Waals surface area contributed by atoms with E-state index in [1.54, 1.807) is 24.0 Å². The first-order valence-corrected chi connectivity index (χ1v) is 7.99. The minimum absolute atomic E-state index is 0.0190. The molecule has 1 unspecified atom stereocenters. The summed E-state index contributed by atoms with van der Waals surface area (Å²) >= 11 is 0. The molecule has 4 rings (SSSR count). The molecule has 0 saturated carbocycles. The van der Waals surface area contributed by atoms with Crippen LogP contribution >= 0.6 is 0 Å². The zero-order chi connectivity index (χ0) is 16.7. The van der Waals surface area contributed by atoms with Crippen LogP contribution in [0, 0.1) is 0 Å². The second kappa shape index (κ2) is 5.63. The average Bonchev–Trinajstić information content (AvgIpc) is 3.06. The zero-order valence-electron chi connectivity index (χ0n) is 13.3. The summed E-state index contributed by atoms with van der Waals surface area (Å²) in [4.78, 5) is 31.8. The fourth-order valence-corrected chi connectivity index (χ4v) is 3.25. The number of pyridine rings is 1. The molecule has 1 aliphatic rings. The third kappa shape index (κ3) is 2.40.